The Labute approximate surface area is 148 Å². The van der Waals surface area contributed by atoms with Crippen LogP contribution in [-0.2, 0) is 0 Å². The third-order valence-corrected chi connectivity index (χ3v) is 4.17. The van der Waals surface area contributed by atoms with Crippen LogP contribution in [0.25, 0.3) is 17.6 Å². The molecular weight excluding hydrogens is 307 g/mol. The summed E-state index contributed by atoms with van der Waals surface area (Å²) in [6.07, 6.45) is 3.95. The molecule has 0 atom stereocenters. The molecule has 0 spiro atoms. The van der Waals surface area contributed by atoms with E-state index in [2.05, 4.69) is 36.9 Å². The molecule has 0 N–H and O–H groups in total. The van der Waals surface area contributed by atoms with Gasteiger partial charge in [0.15, 0.2) is 0 Å². The lowest BCUT2D eigenvalue weighted by Crippen LogP contribution is -2.26. The number of benzene rings is 3. The smallest absolute Gasteiger partial charge is 0.519 e. The van der Waals surface area contributed by atoms with Crippen LogP contribution >= 0.6 is 0 Å². The van der Waals surface area contributed by atoms with Crippen molar-refractivity contribution in [2.45, 2.75) is 0 Å². The van der Waals surface area contributed by atoms with Crippen LogP contribution in [0.2, 0.25) is 0 Å². The molecule has 3 aromatic carbocycles. The first-order valence-corrected chi connectivity index (χ1v) is 8.25. The maximum atomic E-state index is 6.04. The van der Waals surface area contributed by atoms with Crippen LogP contribution in [0.1, 0.15) is 16.7 Å². The Hall–Kier alpha value is -3.20. The van der Waals surface area contributed by atoms with E-state index in [-0.39, 0.29) is 0 Å². The summed E-state index contributed by atoms with van der Waals surface area (Å²) in [5.41, 5.74) is 4.23. The van der Waals surface area contributed by atoms with E-state index in [9.17, 15) is 0 Å². The molecule has 1 heterocycles. The predicted molar refractivity (Wildman–Crippen MR) is 104 cm³/mol. The maximum Gasteiger partial charge on any atom is 0.633 e. The van der Waals surface area contributed by atoms with E-state index < -0.39 is 7.12 Å². The van der Waals surface area contributed by atoms with E-state index in [1.807, 2.05) is 60.7 Å². The fourth-order valence-corrected chi connectivity index (χ4v) is 2.85. The highest BCUT2D eigenvalue weighted by Gasteiger charge is 2.36. The average Bonchev–Trinajstić information content (AvgIpc) is 3.11. The molecule has 0 aromatic heterocycles. The third-order valence-electron chi connectivity index (χ3n) is 4.17. The van der Waals surface area contributed by atoms with Gasteiger partial charge in [0.1, 0.15) is 11.5 Å². The topological polar surface area (TPSA) is 18.5 Å². The zero-order chi connectivity index (χ0) is 17.1. The summed E-state index contributed by atoms with van der Waals surface area (Å²) in [6, 6.07) is 26.2. The summed E-state index contributed by atoms with van der Waals surface area (Å²) >= 11 is 0. The first-order chi connectivity index (χ1) is 12.3. The number of rotatable bonds is 4. The van der Waals surface area contributed by atoms with Gasteiger partial charge in [-0.1, -0.05) is 85.5 Å². The second-order valence-corrected chi connectivity index (χ2v) is 5.85. The molecule has 25 heavy (non-hydrogen) atoms. The van der Waals surface area contributed by atoms with Crippen LogP contribution < -0.4 is 9.31 Å². The molecule has 0 saturated heterocycles. The average molecular weight is 324 g/mol. The Morgan fingerprint density at radius 3 is 1.92 bits per heavy atom. The minimum Gasteiger partial charge on any atom is -0.519 e. The fraction of sp³-hybridized carbons (Fsp3) is 0. The third kappa shape index (κ3) is 3.22. The van der Waals surface area contributed by atoms with E-state index in [4.69, 9.17) is 9.31 Å². The van der Waals surface area contributed by atoms with Crippen molar-refractivity contribution in [3.8, 4) is 11.5 Å². The van der Waals surface area contributed by atoms with Gasteiger partial charge in [0.25, 0.3) is 0 Å². The molecule has 0 bridgehead atoms. The van der Waals surface area contributed by atoms with E-state index in [1.54, 1.807) is 0 Å². The van der Waals surface area contributed by atoms with Crippen LogP contribution in [0, 0.1) is 0 Å². The molecule has 2 nitrogen and oxygen atoms in total. The highest BCUT2D eigenvalue weighted by atomic mass is 16.6. The quantitative estimate of drug-likeness (QED) is 0.474. The van der Waals surface area contributed by atoms with Crippen molar-refractivity contribution in [3.63, 3.8) is 0 Å². The minimum absolute atomic E-state index is 0.466. The molecule has 1 aliphatic rings. The van der Waals surface area contributed by atoms with E-state index in [0.29, 0.717) is 0 Å². The van der Waals surface area contributed by atoms with Gasteiger partial charge < -0.3 is 9.31 Å². The van der Waals surface area contributed by atoms with Crippen molar-refractivity contribution in [1.82, 2.24) is 0 Å². The van der Waals surface area contributed by atoms with Gasteiger partial charge in [-0.15, -0.1) is 0 Å². The molecule has 3 aromatic rings. The van der Waals surface area contributed by atoms with Crippen molar-refractivity contribution in [2.24, 2.45) is 0 Å². The lowest BCUT2D eigenvalue weighted by molar-refractivity contribution is 0.520. The molecule has 0 aliphatic carbocycles. The zero-order valence-electron chi connectivity index (χ0n) is 13.8. The van der Waals surface area contributed by atoms with Gasteiger partial charge in [-0.2, -0.15) is 0 Å². The Morgan fingerprint density at radius 1 is 0.720 bits per heavy atom. The molecule has 0 saturated carbocycles. The second-order valence-electron chi connectivity index (χ2n) is 5.85. The van der Waals surface area contributed by atoms with Crippen molar-refractivity contribution >= 4 is 24.7 Å². The molecule has 4 rings (SSSR count). The van der Waals surface area contributed by atoms with Crippen molar-refractivity contribution < 1.29 is 9.31 Å². The lowest BCUT2D eigenvalue weighted by Gasteiger charge is -2.11. The van der Waals surface area contributed by atoms with E-state index >= 15 is 0 Å². The molecule has 0 radical (unpaired) electrons. The molecule has 0 unspecified atom stereocenters. The first kappa shape index (κ1) is 15.3. The second kappa shape index (κ2) is 6.74. The number of hydrogen-bond donors (Lipinski definition) is 0. The molecule has 0 fully saturated rings. The Balaban J connectivity index is 1.74. The summed E-state index contributed by atoms with van der Waals surface area (Å²) in [5, 5.41) is 0. The molecular formula is C22H17BO2. The monoisotopic (exact) mass is 324 g/mol. The van der Waals surface area contributed by atoms with Crippen LogP contribution in [0.3, 0.4) is 0 Å². The SMILES string of the molecule is C=Cc1ccc(/C(=C/c2ccccc2)B2Oc3ccccc3O2)cc1. The van der Waals surface area contributed by atoms with Crippen LogP contribution in [-0.4, -0.2) is 7.12 Å². The number of fused-ring (bicyclic) bond motifs is 1. The fourth-order valence-electron chi connectivity index (χ4n) is 2.85. The predicted octanol–water partition coefficient (Wildman–Crippen LogP) is 5.37. The lowest BCUT2D eigenvalue weighted by atomic mass is 9.73. The van der Waals surface area contributed by atoms with Crippen LogP contribution in [0.4, 0.5) is 0 Å². The summed E-state index contributed by atoms with van der Waals surface area (Å²) in [6.45, 7) is 3.81. The van der Waals surface area contributed by atoms with Gasteiger partial charge in [0.2, 0.25) is 0 Å². The Kier molecular flexibility index (Phi) is 4.13. The van der Waals surface area contributed by atoms with E-state index in [1.165, 1.54) is 0 Å². The van der Waals surface area contributed by atoms with Gasteiger partial charge in [0.05, 0.1) is 0 Å². The summed E-state index contributed by atoms with van der Waals surface area (Å²) in [4.78, 5) is 0. The Morgan fingerprint density at radius 2 is 1.32 bits per heavy atom. The van der Waals surface area contributed by atoms with Gasteiger partial charge in [-0.05, 0) is 28.8 Å². The van der Waals surface area contributed by atoms with Crippen LogP contribution in [0.5, 0.6) is 11.5 Å². The maximum absolute atomic E-state index is 6.04. The zero-order valence-corrected chi connectivity index (χ0v) is 13.8. The standard InChI is InChI=1S/C22H17BO2/c1-2-17-12-14-19(15-13-17)20(16-18-8-4-3-5-9-18)23-24-21-10-6-7-11-22(21)25-23/h2-16H,1H2/b20-16-. The highest BCUT2D eigenvalue weighted by molar-refractivity contribution is 6.71. The van der Waals surface area contributed by atoms with Gasteiger partial charge in [0, 0.05) is 5.47 Å². The molecule has 3 heteroatoms. The highest BCUT2D eigenvalue weighted by Crippen LogP contribution is 2.37. The molecule has 1 aliphatic heterocycles. The molecule has 120 valence electrons. The summed E-state index contributed by atoms with van der Waals surface area (Å²) < 4.78 is 12.1. The first-order valence-electron chi connectivity index (χ1n) is 8.25. The summed E-state index contributed by atoms with van der Waals surface area (Å²) in [7, 11) is -0.466. The van der Waals surface area contributed by atoms with Crippen molar-refractivity contribution in [1.29, 1.82) is 0 Å². The normalized spacial score (nSPS) is 13.0. The van der Waals surface area contributed by atoms with Gasteiger partial charge >= 0.3 is 7.12 Å². The van der Waals surface area contributed by atoms with Crippen LogP contribution in [0.15, 0.2) is 85.4 Å². The molecule has 0 amide bonds. The van der Waals surface area contributed by atoms with Crippen molar-refractivity contribution in [2.75, 3.05) is 0 Å². The van der Waals surface area contributed by atoms with Gasteiger partial charge in [-0.25, -0.2) is 0 Å². The number of hydrogen-bond acceptors (Lipinski definition) is 2. The van der Waals surface area contributed by atoms with Crippen molar-refractivity contribution in [3.05, 3.63) is 102 Å². The largest absolute Gasteiger partial charge is 0.633 e. The Bertz CT molecular complexity index is 889. The number of para-hydroxylation sites is 2. The van der Waals surface area contributed by atoms with E-state index in [0.717, 1.165) is 33.7 Å². The van der Waals surface area contributed by atoms with Gasteiger partial charge in [-0.3, -0.25) is 0 Å². The summed E-state index contributed by atoms with van der Waals surface area (Å²) in [5.74, 6) is 1.54. The minimum atomic E-state index is -0.466.